The van der Waals surface area contributed by atoms with Crippen LogP contribution in [0.4, 0.5) is 0 Å². The number of benzene rings is 1. The Bertz CT molecular complexity index is 358. The van der Waals surface area contributed by atoms with Gasteiger partial charge in [0.2, 0.25) is 0 Å². The number of hydrogen-bond acceptors (Lipinski definition) is 2. The lowest BCUT2D eigenvalue weighted by molar-refractivity contribution is -0.131. The molecule has 74 valence electrons. The van der Waals surface area contributed by atoms with Crippen molar-refractivity contribution >= 4 is 17.6 Å². The van der Waals surface area contributed by atoms with Crippen molar-refractivity contribution < 1.29 is 9.53 Å². The van der Waals surface area contributed by atoms with Crippen molar-refractivity contribution in [2.45, 2.75) is 13.3 Å². The average molecular weight is 211 g/mol. The second-order valence-corrected chi connectivity index (χ2v) is 3.27. The fraction of sp³-hybridized carbons (Fsp3) is 0.182. The summed E-state index contributed by atoms with van der Waals surface area (Å²) in [6.07, 6.45) is 2.36. The molecule has 0 aromatic heterocycles. The van der Waals surface area contributed by atoms with E-state index in [1.54, 1.807) is 24.3 Å². The van der Waals surface area contributed by atoms with E-state index < -0.39 is 0 Å². The molecule has 0 spiro atoms. The predicted molar refractivity (Wildman–Crippen MR) is 56.7 cm³/mol. The molecule has 0 saturated heterocycles. The van der Waals surface area contributed by atoms with Crippen molar-refractivity contribution in [2.75, 3.05) is 0 Å². The van der Waals surface area contributed by atoms with Gasteiger partial charge < -0.3 is 4.74 Å². The van der Waals surface area contributed by atoms with Crippen molar-refractivity contribution in [1.82, 2.24) is 0 Å². The third-order valence-corrected chi connectivity index (χ3v) is 1.88. The molecule has 0 radical (unpaired) electrons. The Kier molecular flexibility index (Phi) is 3.72. The first-order chi connectivity index (χ1) is 6.63. The zero-order valence-electron chi connectivity index (χ0n) is 7.92. The number of allylic oxidation sites excluding steroid dienone is 1. The number of halogens is 1. The van der Waals surface area contributed by atoms with Crippen LogP contribution in [-0.2, 0) is 11.2 Å². The monoisotopic (exact) mass is 210 g/mol. The molecule has 1 aromatic rings. The predicted octanol–water partition coefficient (Wildman–Crippen LogP) is 2.99. The standard InChI is InChI=1S/C11H11ClO2/c1-3-4-9-7-10(12)5-6-11(9)14-8(2)13/h3,5-7H,1,4H2,2H3. The Hall–Kier alpha value is -1.28. The molecule has 0 aliphatic rings. The minimum atomic E-state index is -0.336. The molecular formula is C11H11ClO2. The molecular weight excluding hydrogens is 200 g/mol. The minimum absolute atomic E-state index is 0.336. The van der Waals surface area contributed by atoms with Gasteiger partial charge in [0.15, 0.2) is 0 Å². The van der Waals surface area contributed by atoms with Crippen LogP contribution in [0.2, 0.25) is 5.02 Å². The third kappa shape index (κ3) is 2.89. The highest BCUT2D eigenvalue weighted by molar-refractivity contribution is 6.30. The van der Waals surface area contributed by atoms with E-state index >= 15 is 0 Å². The summed E-state index contributed by atoms with van der Waals surface area (Å²) in [6, 6.07) is 5.14. The highest BCUT2D eigenvalue weighted by atomic mass is 35.5. The van der Waals surface area contributed by atoms with E-state index in [0.29, 0.717) is 17.2 Å². The largest absolute Gasteiger partial charge is 0.426 e. The van der Waals surface area contributed by atoms with Crippen LogP contribution in [0.25, 0.3) is 0 Å². The Balaban J connectivity index is 3.01. The van der Waals surface area contributed by atoms with Gasteiger partial charge in [0.05, 0.1) is 0 Å². The second kappa shape index (κ2) is 4.82. The Morgan fingerprint density at radius 2 is 2.36 bits per heavy atom. The minimum Gasteiger partial charge on any atom is -0.426 e. The van der Waals surface area contributed by atoms with Gasteiger partial charge in [-0.05, 0) is 24.6 Å². The van der Waals surface area contributed by atoms with Crippen molar-refractivity contribution in [3.05, 3.63) is 41.4 Å². The van der Waals surface area contributed by atoms with E-state index in [4.69, 9.17) is 16.3 Å². The second-order valence-electron chi connectivity index (χ2n) is 2.84. The van der Waals surface area contributed by atoms with Gasteiger partial charge in [-0.15, -0.1) is 6.58 Å². The van der Waals surface area contributed by atoms with Gasteiger partial charge in [-0.25, -0.2) is 0 Å². The van der Waals surface area contributed by atoms with Gasteiger partial charge in [0.1, 0.15) is 5.75 Å². The third-order valence-electron chi connectivity index (χ3n) is 1.64. The molecule has 0 unspecified atom stereocenters. The number of carbonyl (C=O) groups excluding carboxylic acids is 1. The lowest BCUT2D eigenvalue weighted by atomic mass is 10.1. The molecule has 0 heterocycles. The quantitative estimate of drug-likeness (QED) is 0.436. The lowest BCUT2D eigenvalue weighted by Gasteiger charge is -2.07. The van der Waals surface area contributed by atoms with E-state index in [-0.39, 0.29) is 5.97 Å². The molecule has 1 rings (SSSR count). The number of carbonyl (C=O) groups is 1. The molecule has 1 aromatic carbocycles. The van der Waals surface area contributed by atoms with Crippen molar-refractivity contribution in [3.63, 3.8) is 0 Å². The molecule has 0 N–H and O–H groups in total. The van der Waals surface area contributed by atoms with Gasteiger partial charge in [0, 0.05) is 17.5 Å². The maximum atomic E-state index is 10.8. The first-order valence-electron chi connectivity index (χ1n) is 4.21. The molecule has 0 aliphatic carbocycles. The Morgan fingerprint density at radius 1 is 1.64 bits per heavy atom. The van der Waals surface area contributed by atoms with Crippen LogP contribution in [0.5, 0.6) is 5.75 Å². The van der Waals surface area contributed by atoms with Gasteiger partial charge in [0.25, 0.3) is 0 Å². The average Bonchev–Trinajstić information content (AvgIpc) is 2.09. The molecule has 0 aliphatic heterocycles. The highest BCUT2D eigenvalue weighted by Crippen LogP contribution is 2.23. The van der Waals surface area contributed by atoms with Crippen LogP contribution in [0.15, 0.2) is 30.9 Å². The van der Waals surface area contributed by atoms with Crippen LogP contribution in [0, 0.1) is 0 Å². The molecule has 0 saturated carbocycles. The molecule has 0 fully saturated rings. The van der Waals surface area contributed by atoms with E-state index in [0.717, 1.165) is 5.56 Å². The van der Waals surface area contributed by atoms with Gasteiger partial charge >= 0.3 is 5.97 Å². The van der Waals surface area contributed by atoms with E-state index in [9.17, 15) is 4.79 Å². The summed E-state index contributed by atoms with van der Waals surface area (Å²) in [7, 11) is 0. The summed E-state index contributed by atoms with van der Waals surface area (Å²) < 4.78 is 5.01. The zero-order valence-corrected chi connectivity index (χ0v) is 8.67. The van der Waals surface area contributed by atoms with Crippen LogP contribution in [-0.4, -0.2) is 5.97 Å². The summed E-state index contributed by atoms with van der Waals surface area (Å²) in [4.78, 5) is 10.8. The normalized spacial score (nSPS) is 9.57. The Morgan fingerprint density at radius 3 is 2.93 bits per heavy atom. The van der Waals surface area contributed by atoms with Crippen LogP contribution < -0.4 is 4.74 Å². The maximum Gasteiger partial charge on any atom is 0.308 e. The lowest BCUT2D eigenvalue weighted by Crippen LogP contribution is -2.03. The van der Waals surface area contributed by atoms with Crippen LogP contribution in [0.3, 0.4) is 0 Å². The summed E-state index contributed by atoms with van der Waals surface area (Å²) in [5.74, 6) is 0.208. The number of hydrogen-bond donors (Lipinski definition) is 0. The van der Waals surface area contributed by atoms with Gasteiger partial charge in [-0.2, -0.15) is 0 Å². The first-order valence-corrected chi connectivity index (χ1v) is 4.59. The molecule has 0 atom stereocenters. The Labute approximate surface area is 88.1 Å². The smallest absolute Gasteiger partial charge is 0.308 e. The number of esters is 1. The summed E-state index contributed by atoms with van der Waals surface area (Å²) in [5.41, 5.74) is 0.864. The fourth-order valence-electron chi connectivity index (χ4n) is 1.12. The topological polar surface area (TPSA) is 26.3 Å². The number of ether oxygens (including phenoxy) is 1. The van der Waals surface area contributed by atoms with Gasteiger partial charge in [-0.3, -0.25) is 4.79 Å². The molecule has 0 amide bonds. The van der Waals surface area contributed by atoms with E-state index in [1.165, 1.54) is 6.92 Å². The van der Waals surface area contributed by atoms with Crippen molar-refractivity contribution in [2.24, 2.45) is 0 Å². The molecule has 0 bridgehead atoms. The van der Waals surface area contributed by atoms with Crippen LogP contribution in [0.1, 0.15) is 12.5 Å². The number of rotatable bonds is 3. The molecule has 3 heteroatoms. The van der Waals surface area contributed by atoms with Gasteiger partial charge in [-0.1, -0.05) is 17.7 Å². The summed E-state index contributed by atoms with van der Waals surface area (Å²) in [5, 5.41) is 0.623. The highest BCUT2D eigenvalue weighted by Gasteiger charge is 2.05. The van der Waals surface area contributed by atoms with Crippen molar-refractivity contribution in [1.29, 1.82) is 0 Å². The molecule has 14 heavy (non-hydrogen) atoms. The van der Waals surface area contributed by atoms with Crippen molar-refractivity contribution in [3.8, 4) is 5.75 Å². The fourth-order valence-corrected chi connectivity index (χ4v) is 1.31. The molecule has 2 nitrogen and oxygen atoms in total. The zero-order chi connectivity index (χ0) is 10.6. The maximum absolute atomic E-state index is 10.8. The van der Waals surface area contributed by atoms with E-state index in [2.05, 4.69) is 6.58 Å². The summed E-state index contributed by atoms with van der Waals surface area (Å²) in [6.45, 7) is 4.99. The van der Waals surface area contributed by atoms with Crippen LogP contribution >= 0.6 is 11.6 Å². The summed E-state index contributed by atoms with van der Waals surface area (Å²) >= 11 is 5.81. The van der Waals surface area contributed by atoms with E-state index in [1.807, 2.05) is 0 Å². The SMILES string of the molecule is C=CCc1cc(Cl)ccc1OC(C)=O. The first kappa shape index (κ1) is 10.8.